The Morgan fingerprint density at radius 1 is 1.04 bits per heavy atom. The van der Waals surface area contributed by atoms with E-state index in [1.54, 1.807) is 0 Å². The molecule has 4 nitrogen and oxygen atoms in total. The summed E-state index contributed by atoms with van der Waals surface area (Å²) in [7, 11) is 0. The van der Waals surface area contributed by atoms with Crippen molar-refractivity contribution < 1.29 is 4.79 Å². The predicted octanol–water partition coefficient (Wildman–Crippen LogP) is 3.24. The van der Waals surface area contributed by atoms with Crippen LogP contribution in [0.2, 0.25) is 0 Å². The highest BCUT2D eigenvalue weighted by molar-refractivity contribution is 6.02. The third kappa shape index (κ3) is 3.40. The lowest BCUT2D eigenvalue weighted by Gasteiger charge is -2.36. The highest BCUT2D eigenvalue weighted by Gasteiger charge is 2.30. The fraction of sp³-hybridized carbons (Fsp3) is 0.381. The number of rotatable bonds is 4. The number of benzene rings is 2. The van der Waals surface area contributed by atoms with Gasteiger partial charge >= 0.3 is 0 Å². The zero-order chi connectivity index (χ0) is 17.2. The second-order valence-electron chi connectivity index (χ2n) is 7.09. The third-order valence-corrected chi connectivity index (χ3v) is 5.38. The Morgan fingerprint density at radius 2 is 1.84 bits per heavy atom. The summed E-state index contributed by atoms with van der Waals surface area (Å²) in [5.74, 6) is 0.158. The van der Waals surface area contributed by atoms with Crippen LogP contribution >= 0.6 is 0 Å². The van der Waals surface area contributed by atoms with Crippen LogP contribution in [0.3, 0.4) is 0 Å². The number of nitrogens with zero attached hydrogens (tertiary/aromatic N) is 2. The van der Waals surface area contributed by atoms with E-state index in [0.717, 1.165) is 50.4 Å². The number of piperazine rings is 1. The topological polar surface area (TPSA) is 35.6 Å². The molecule has 0 aliphatic carbocycles. The molecule has 1 saturated heterocycles. The van der Waals surface area contributed by atoms with Gasteiger partial charge in [-0.15, -0.1) is 0 Å². The Labute approximate surface area is 149 Å². The molecular weight excluding hydrogens is 310 g/mol. The van der Waals surface area contributed by atoms with E-state index < -0.39 is 0 Å². The summed E-state index contributed by atoms with van der Waals surface area (Å²) in [5.41, 5.74) is 4.78. The molecule has 2 aromatic rings. The average Bonchev–Trinajstić information content (AvgIpc) is 2.95. The van der Waals surface area contributed by atoms with Gasteiger partial charge in [0, 0.05) is 37.6 Å². The molecule has 2 aliphatic rings. The van der Waals surface area contributed by atoms with E-state index in [4.69, 9.17) is 0 Å². The number of carbonyl (C=O) groups is 1. The minimum absolute atomic E-state index is 0.00556. The molecule has 2 aliphatic heterocycles. The van der Waals surface area contributed by atoms with Crippen LogP contribution in [0.25, 0.3) is 0 Å². The number of anilines is 2. The van der Waals surface area contributed by atoms with Crippen LogP contribution in [0.4, 0.5) is 11.4 Å². The van der Waals surface area contributed by atoms with Gasteiger partial charge in [0.15, 0.2) is 0 Å². The lowest BCUT2D eigenvalue weighted by molar-refractivity contribution is -0.117. The molecule has 2 aromatic carbocycles. The molecule has 1 fully saturated rings. The summed E-state index contributed by atoms with van der Waals surface area (Å²) in [5, 5.41) is 3.00. The molecule has 0 radical (unpaired) electrons. The highest BCUT2D eigenvalue weighted by atomic mass is 16.2. The SMILES string of the molecule is Cc1cccc(N2CCN(CCC3C(=O)Nc4ccccc43)CC2)c1. The lowest BCUT2D eigenvalue weighted by Crippen LogP contribution is -2.47. The van der Waals surface area contributed by atoms with Gasteiger partial charge in [-0.05, 0) is 49.2 Å². The second-order valence-corrected chi connectivity index (χ2v) is 7.09. The molecule has 0 spiro atoms. The summed E-state index contributed by atoms with van der Waals surface area (Å²) in [6.45, 7) is 7.35. The van der Waals surface area contributed by atoms with Crippen LogP contribution in [0.1, 0.15) is 23.5 Å². The van der Waals surface area contributed by atoms with E-state index in [9.17, 15) is 4.79 Å². The number of amides is 1. The molecule has 25 heavy (non-hydrogen) atoms. The molecule has 1 atom stereocenters. The van der Waals surface area contributed by atoms with Crippen molar-refractivity contribution in [2.75, 3.05) is 42.9 Å². The van der Waals surface area contributed by atoms with Gasteiger partial charge in [0.25, 0.3) is 0 Å². The second kappa shape index (κ2) is 6.89. The maximum Gasteiger partial charge on any atom is 0.232 e. The Kier molecular flexibility index (Phi) is 4.45. The van der Waals surface area contributed by atoms with Gasteiger partial charge in [-0.1, -0.05) is 30.3 Å². The molecule has 4 rings (SSSR count). The van der Waals surface area contributed by atoms with E-state index in [0.29, 0.717) is 0 Å². The summed E-state index contributed by atoms with van der Waals surface area (Å²) in [4.78, 5) is 17.2. The summed E-state index contributed by atoms with van der Waals surface area (Å²) < 4.78 is 0. The Hall–Kier alpha value is -2.33. The van der Waals surface area contributed by atoms with Gasteiger partial charge in [0.2, 0.25) is 5.91 Å². The minimum atomic E-state index is 0.00556. The molecule has 0 aromatic heterocycles. The number of nitrogens with one attached hydrogen (secondary N) is 1. The zero-order valence-corrected chi connectivity index (χ0v) is 14.7. The van der Waals surface area contributed by atoms with Crippen LogP contribution in [-0.4, -0.2) is 43.5 Å². The number of hydrogen-bond acceptors (Lipinski definition) is 3. The van der Waals surface area contributed by atoms with Gasteiger partial charge in [-0.3, -0.25) is 9.69 Å². The Morgan fingerprint density at radius 3 is 2.64 bits per heavy atom. The van der Waals surface area contributed by atoms with Gasteiger partial charge < -0.3 is 10.2 Å². The van der Waals surface area contributed by atoms with Crippen molar-refractivity contribution in [3.8, 4) is 0 Å². The molecule has 4 heteroatoms. The quantitative estimate of drug-likeness (QED) is 0.932. The van der Waals surface area contributed by atoms with Crippen molar-refractivity contribution in [3.05, 3.63) is 59.7 Å². The first-order valence-electron chi connectivity index (χ1n) is 9.14. The molecule has 1 N–H and O–H groups in total. The number of hydrogen-bond donors (Lipinski definition) is 1. The van der Waals surface area contributed by atoms with Gasteiger partial charge in [-0.25, -0.2) is 0 Å². The van der Waals surface area contributed by atoms with E-state index in [-0.39, 0.29) is 11.8 Å². The monoisotopic (exact) mass is 335 g/mol. The van der Waals surface area contributed by atoms with Crippen molar-refractivity contribution in [3.63, 3.8) is 0 Å². The number of fused-ring (bicyclic) bond motifs is 1. The van der Waals surface area contributed by atoms with Gasteiger partial charge in [-0.2, -0.15) is 0 Å². The van der Waals surface area contributed by atoms with E-state index >= 15 is 0 Å². The minimum Gasteiger partial charge on any atom is -0.369 e. The van der Waals surface area contributed by atoms with Crippen molar-refractivity contribution >= 4 is 17.3 Å². The molecule has 0 saturated carbocycles. The van der Waals surface area contributed by atoms with Crippen LogP contribution in [0.5, 0.6) is 0 Å². The molecule has 130 valence electrons. The first kappa shape index (κ1) is 16.2. The van der Waals surface area contributed by atoms with Crippen LogP contribution in [0, 0.1) is 6.92 Å². The van der Waals surface area contributed by atoms with E-state index in [1.807, 2.05) is 18.2 Å². The molecule has 2 heterocycles. The normalized spacial score (nSPS) is 20.4. The van der Waals surface area contributed by atoms with Gasteiger partial charge in [0.1, 0.15) is 0 Å². The van der Waals surface area contributed by atoms with Crippen molar-refractivity contribution in [2.24, 2.45) is 0 Å². The predicted molar refractivity (Wildman–Crippen MR) is 102 cm³/mol. The average molecular weight is 335 g/mol. The Bertz CT molecular complexity index is 765. The number of para-hydroxylation sites is 1. The fourth-order valence-corrected chi connectivity index (χ4v) is 3.93. The third-order valence-electron chi connectivity index (χ3n) is 5.38. The maximum absolute atomic E-state index is 12.2. The first-order valence-corrected chi connectivity index (χ1v) is 9.14. The summed E-state index contributed by atoms with van der Waals surface area (Å²) in [6.07, 6.45) is 0.896. The largest absolute Gasteiger partial charge is 0.369 e. The number of aryl methyl sites for hydroxylation is 1. The molecule has 1 unspecified atom stereocenters. The molecule has 1 amide bonds. The first-order chi connectivity index (χ1) is 12.2. The maximum atomic E-state index is 12.2. The summed E-state index contributed by atoms with van der Waals surface area (Å²) >= 11 is 0. The Balaban J connectivity index is 1.32. The fourth-order valence-electron chi connectivity index (χ4n) is 3.93. The zero-order valence-electron chi connectivity index (χ0n) is 14.7. The van der Waals surface area contributed by atoms with Crippen LogP contribution in [0.15, 0.2) is 48.5 Å². The standard InChI is InChI=1S/C21H25N3O/c1-16-5-4-6-17(15-16)24-13-11-23(12-14-24)10-9-19-18-7-2-3-8-20(18)22-21(19)25/h2-8,15,19H,9-14H2,1H3,(H,22,25). The smallest absolute Gasteiger partial charge is 0.232 e. The molecule has 0 bridgehead atoms. The summed E-state index contributed by atoms with van der Waals surface area (Å²) in [6, 6.07) is 16.8. The van der Waals surface area contributed by atoms with Crippen molar-refractivity contribution in [1.29, 1.82) is 0 Å². The van der Waals surface area contributed by atoms with Gasteiger partial charge in [0.05, 0.1) is 5.92 Å². The van der Waals surface area contributed by atoms with Crippen molar-refractivity contribution in [1.82, 2.24) is 4.90 Å². The lowest BCUT2D eigenvalue weighted by atomic mass is 9.97. The molecular formula is C21H25N3O. The van der Waals surface area contributed by atoms with Crippen molar-refractivity contribution in [2.45, 2.75) is 19.3 Å². The van der Waals surface area contributed by atoms with E-state index in [2.05, 4.69) is 52.4 Å². The van der Waals surface area contributed by atoms with Crippen LogP contribution in [-0.2, 0) is 4.79 Å². The van der Waals surface area contributed by atoms with E-state index in [1.165, 1.54) is 11.3 Å². The highest BCUT2D eigenvalue weighted by Crippen LogP contribution is 2.34. The van der Waals surface area contributed by atoms with Crippen LogP contribution < -0.4 is 10.2 Å². The number of carbonyl (C=O) groups excluding carboxylic acids is 1.